The summed E-state index contributed by atoms with van der Waals surface area (Å²) in [4.78, 5) is 17.9. The zero-order valence-corrected chi connectivity index (χ0v) is 26.7. The fourth-order valence-corrected chi connectivity index (χ4v) is 11.3. The maximum Gasteiger partial charge on any atom is 0.260 e. The summed E-state index contributed by atoms with van der Waals surface area (Å²) in [6, 6.07) is 4.70. The molecule has 4 bridgehead atoms. The monoisotopic (exact) mass is 607 g/mol. The predicted molar refractivity (Wildman–Crippen MR) is 170 cm³/mol. The Bertz CT molecular complexity index is 1210. The Hall–Kier alpha value is -2.16. The van der Waals surface area contributed by atoms with Crippen LogP contribution in [-0.4, -0.2) is 62.8 Å². The quantitative estimate of drug-likeness (QED) is 0.222. The maximum absolute atomic E-state index is 12.3. The van der Waals surface area contributed by atoms with Crippen LogP contribution >= 0.6 is 0 Å². The van der Waals surface area contributed by atoms with Crippen LogP contribution < -0.4 is 11.1 Å². The Kier molecular flexibility index (Phi) is 8.70. The lowest BCUT2D eigenvalue weighted by atomic mass is 9.47. The molecule has 0 spiro atoms. The molecule has 44 heavy (non-hydrogen) atoms. The predicted octanol–water partition coefficient (Wildman–Crippen LogP) is 5.20. The maximum atomic E-state index is 12.3. The van der Waals surface area contributed by atoms with Crippen LogP contribution in [-0.2, 0) is 30.9 Å². The van der Waals surface area contributed by atoms with E-state index in [1.807, 2.05) is 0 Å². The van der Waals surface area contributed by atoms with Gasteiger partial charge in [0.1, 0.15) is 5.75 Å². The minimum atomic E-state index is -0.178. The SMILES string of the molecule is C[C@]12CCC3c4cc(C56CC7CC(CC(C7)C5)C6)c(O)cc4CCC3C1CCC2=NOCC(=O)NCCOCCOCCN. The molecule has 8 nitrogen and oxygen atoms in total. The minimum absolute atomic E-state index is 0.0363. The van der Waals surface area contributed by atoms with Gasteiger partial charge in [0, 0.05) is 24.1 Å². The number of aromatic hydroxyl groups is 1. The summed E-state index contributed by atoms with van der Waals surface area (Å²) in [5.41, 5.74) is 11.0. The van der Waals surface area contributed by atoms with Crippen LogP contribution in [0.2, 0.25) is 0 Å². The fraction of sp³-hybridized carbons (Fsp3) is 0.778. The Labute approximate surface area is 262 Å². The molecule has 1 amide bonds. The summed E-state index contributed by atoms with van der Waals surface area (Å²) >= 11 is 0. The number of oxime groups is 1. The molecule has 6 fully saturated rings. The van der Waals surface area contributed by atoms with E-state index in [2.05, 4.69) is 29.5 Å². The molecule has 4 N–H and O–H groups in total. The first-order valence-electron chi connectivity index (χ1n) is 17.6. The number of benzene rings is 1. The summed E-state index contributed by atoms with van der Waals surface area (Å²) in [7, 11) is 0. The van der Waals surface area contributed by atoms with E-state index in [9.17, 15) is 9.90 Å². The lowest BCUT2D eigenvalue weighted by Gasteiger charge is -2.57. The number of nitrogens with zero attached hydrogens (tertiary/aromatic N) is 1. The van der Waals surface area contributed by atoms with Gasteiger partial charge in [0.25, 0.3) is 5.91 Å². The molecular formula is C36H53N3O5. The number of hydrogen-bond donors (Lipinski definition) is 3. The number of fused-ring (bicyclic) bond motifs is 5. The summed E-state index contributed by atoms with van der Waals surface area (Å²) in [6.45, 7) is 5.21. The number of amides is 1. The van der Waals surface area contributed by atoms with E-state index < -0.39 is 0 Å². The third-order valence-corrected chi connectivity index (χ3v) is 12.8. The van der Waals surface area contributed by atoms with Crippen LogP contribution in [0, 0.1) is 35.0 Å². The van der Waals surface area contributed by atoms with E-state index in [0.717, 1.165) is 55.6 Å². The second-order valence-corrected chi connectivity index (χ2v) is 15.4. The molecule has 3 unspecified atom stereocenters. The van der Waals surface area contributed by atoms with Crippen molar-refractivity contribution in [3.8, 4) is 5.75 Å². The number of ether oxygens (including phenoxy) is 2. The highest BCUT2D eigenvalue weighted by atomic mass is 16.6. The largest absolute Gasteiger partial charge is 0.508 e. The molecule has 1 aromatic rings. The summed E-state index contributed by atoms with van der Waals surface area (Å²) in [5.74, 6) is 4.83. The van der Waals surface area contributed by atoms with E-state index in [0.29, 0.717) is 63.0 Å². The van der Waals surface area contributed by atoms with Crippen LogP contribution in [0.15, 0.2) is 17.3 Å². The minimum Gasteiger partial charge on any atom is -0.508 e. The van der Waals surface area contributed by atoms with Crippen molar-refractivity contribution in [2.24, 2.45) is 45.9 Å². The molecule has 242 valence electrons. The summed E-state index contributed by atoms with van der Waals surface area (Å²) in [6.07, 6.45) is 14.8. The molecule has 1 aromatic carbocycles. The highest BCUT2D eigenvalue weighted by molar-refractivity contribution is 5.92. The molecule has 0 aromatic heterocycles. The van der Waals surface area contributed by atoms with Crippen molar-refractivity contribution >= 4 is 11.6 Å². The van der Waals surface area contributed by atoms with E-state index >= 15 is 0 Å². The number of phenolic OH excluding ortho intramolecular Hbond substituents is 1. The van der Waals surface area contributed by atoms with E-state index in [-0.39, 0.29) is 23.3 Å². The van der Waals surface area contributed by atoms with E-state index in [1.165, 1.54) is 56.1 Å². The van der Waals surface area contributed by atoms with E-state index in [4.69, 9.17) is 20.0 Å². The van der Waals surface area contributed by atoms with Gasteiger partial charge in [0.2, 0.25) is 0 Å². The molecule has 0 heterocycles. The average molecular weight is 608 g/mol. The van der Waals surface area contributed by atoms with Crippen molar-refractivity contribution in [1.29, 1.82) is 0 Å². The number of carbonyl (C=O) groups is 1. The normalized spacial score (nSPS) is 37.5. The molecule has 8 rings (SSSR count). The van der Waals surface area contributed by atoms with Crippen LogP contribution in [0.1, 0.15) is 100 Å². The summed E-state index contributed by atoms with van der Waals surface area (Å²) in [5, 5.41) is 18.8. The molecule has 8 heteroatoms. The molecule has 7 aliphatic carbocycles. The van der Waals surface area contributed by atoms with Gasteiger partial charge < -0.3 is 30.5 Å². The Balaban J connectivity index is 0.967. The number of nitrogens with one attached hydrogen (secondary N) is 1. The lowest BCUT2D eigenvalue weighted by molar-refractivity contribution is -0.125. The smallest absolute Gasteiger partial charge is 0.260 e. The van der Waals surface area contributed by atoms with Gasteiger partial charge in [-0.3, -0.25) is 4.79 Å². The number of aryl methyl sites for hydroxylation is 1. The first kappa shape index (κ1) is 30.5. The van der Waals surface area contributed by atoms with Crippen molar-refractivity contribution in [2.45, 2.75) is 95.3 Å². The molecule has 0 saturated heterocycles. The van der Waals surface area contributed by atoms with Gasteiger partial charge in [-0.25, -0.2) is 0 Å². The standard InChI is InChI=1S/C36H53N3O5/c1-35-7-6-27-28(30(35)4-5-33(35)39-44-22-34(41)38-9-11-43-13-12-42-10-8-37)3-2-26-17-32(40)31(18-29(26)27)36-19-23-14-24(20-36)16-25(15-23)21-36/h17-18,23-25,27-28,30,40H,2-16,19-22,37H2,1H3,(H,38,41)/t23?,24?,25?,27?,28?,30?,35-,36?/m0/s1. The second kappa shape index (κ2) is 12.6. The van der Waals surface area contributed by atoms with Gasteiger partial charge in [-0.2, -0.15) is 0 Å². The van der Waals surface area contributed by atoms with Crippen molar-refractivity contribution in [3.63, 3.8) is 0 Å². The van der Waals surface area contributed by atoms with E-state index in [1.54, 1.807) is 5.56 Å². The van der Waals surface area contributed by atoms with Gasteiger partial charge in [-0.05, 0) is 135 Å². The van der Waals surface area contributed by atoms with Gasteiger partial charge in [-0.1, -0.05) is 18.1 Å². The number of phenols is 1. The first-order chi connectivity index (χ1) is 21.4. The van der Waals surface area contributed by atoms with Crippen LogP contribution in [0.5, 0.6) is 5.75 Å². The van der Waals surface area contributed by atoms with Crippen LogP contribution in [0.3, 0.4) is 0 Å². The highest BCUT2D eigenvalue weighted by Gasteiger charge is 2.55. The van der Waals surface area contributed by atoms with Gasteiger partial charge >= 0.3 is 0 Å². The molecule has 6 saturated carbocycles. The van der Waals surface area contributed by atoms with Crippen molar-refractivity contribution < 1.29 is 24.2 Å². The number of carbonyl (C=O) groups excluding carboxylic acids is 1. The van der Waals surface area contributed by atoms with Crippen molar-refractivity contribution in [3.05, 3.63) is 28.8 Å². The lowest BCUT2D eigenvalue weighted by Crippen LogP contribution is -2.48. The van der Waals surface area contributed by atoms with Crippen LogP contribution in [0.4, 0.5) is 0 Å². The first-order valence-corrected chi connectivity index (χ1v) is 17.6. The second-order valence-electron chi connectivity index (χ2n) is 15.4. The molecule has 4 atom stereocenters. The molecule has 0 aliphatic heterocycles. The molecule has 0 radical (unpaired) electrons. The topological polar surface area (TPSA) is 115 Å². The Morgan fingerprint density at radius 1 is 1.00 bits per heavy atom. The Morgan fingerprint density at radius 2 is 1.73 bits per heavy atom. The van der Waals surface area contributed by atoms with Crippen molar-refractivity contribution in [2.75, 3.05) is 46.1 Å². The number of nitrogens with two attached hydrogens (primary N) is 1. The number of rotatable bonds is 12. The highest BCUT2D eigenvalue weighted by Crippen LogP contribution is 2.64. The third-order valence-electron chi connectivity index (χ3n) is 12.8. The average Bonchev–Trinajstić information content (AvgIpc) is 3.33. The zero-order valence-electron chi connectivity index (χ0n) is 26.7. The number of hydrogen-bond acceptors (Lipinski definition) is 7. The molecular weight excluding hydrogens is 554 g/mol. The molecule has 7 aliphatic rings. The van der Waals surface area contributed by atoms with Gasteiger partial charge in [-0.15, -0.1) is 0 Å². The summed E-state index contributed by atoms with van der Waals surface area (Å²) < 4.78 is 10.7. The van der Waals surface area contributed by atoms with Crippen LogP contribution in [0.25, 0.3) is 0 Å². The third kappa shape index (κ3) is 5.68. The van der Waals surface area contributed by atoms with Gasteiger partial charge in [0.05, 0.1) is 32.1 Å². The Morgan fingerprint density at radius 3 is 2.45 bits per heavy atom. The zero-order chi connectivity index (χ0) is 30.3. The van der Waals surface area contributed by atoms with Gasteiger partial charge in [0.15, 0.2) is 6.61 Å². The van der Waals surface area contributed by atoms with Crippen molar-refractivity contribution in [1.82, 2.24) is 5.32 Å². The fourth-order valence-electron chi connectivity index (χ4n) is 11.3.